The van der Waals surface area contributed by atoms with Gasteiger partial charge in [-0.05, 0) is 22.3 Å². The molecule has 0 saturated heterocycles. The van der Waals surface area contributed by atoms with Crippen molar-refractivity contribution in [1.82, 2.24) is 0 Å². The highest BCUT2D eigenvalue weighted by molar-refractivity contribution is 5.72. The summed E-state index contributed by atoms with van der Waals surface area (Å²) in [7, 11) is 0. The van der Waals surface area contributed by atoms with Crippen LogP contribution in [0.15, 0.2) is 48.5 Å². The van der Waals surface area contributed by atoms with Gasteiger partial charge in [0.15, 0.2) is 0 Å². The molecule has 0 aliphatic carbocycles. The highest BCUT2D eigenvalue weighted by Gasteiger charge is 2.29. The van der Waals surface area contributed by atoms with E-state index in [9.17, 15) is 0 Å². The molecule has 1 nitrogen and oxygen atoms in total. The van der Waals surface area contributed by atoms with E-state index in [0.29, 0.717) is 0 Å². The van der Waals surface area contributed by atoms with Gasteiger partial charge in [-0.3, -0.25) is 0 Å². The smallest absolute Gasteiger partial charge is 0.0720 e. The molecule has 102 valence electrons. The third-order valence-electron chi connectivity index (χ3n) is 3.84. The molecule has 1 heterocycles. The Bertz CT molecular complexity index is 623. The Hall–Kier alpha value is -1.86. The molecule has 0 bridgehead atoms. The van der Waals surface area contributed by atoms with Gasteiger partial charge in [0.1, 0.15) is 0 Å². The van der Waals surface area contributed by atoms with Gasteiger partial charge >= 0.3 is 0 Å². The van der Waals surface area contributed by atoms with Gasteiger partial charge in [0.2, 0.25) is 0 Å². The molecule has 0 fully saturated rings. The van der Waals surface area contributed by atoms with Crippen LogP contribution >= 0.6 is 0 Å². The highest BCUT2D eigenvalue weighted by Crippen LogP contribution is 2.35. The first kappa shape index (κ1) is 13.1. The van der Waals surface area contributed by atoms with E-state index in [2.05, 4.69) is 68.5 Å². The molecular weight excluding hydrogens is 244 g/mol. The second kappa shape index (κ2) is 5.26. The second-order valence-corrected chi connectivity index (χ2v) is 6.00. The fourth-order valence-corrected chi connectivity index (χ4v) is 2.94. The van der Waals surface area contributed by atoms with Crippen LogP contribution in [0.1, 0.15) is 36.1 Å². The number of ether oxygens (including phenoxy) is 1. The first-order chi connectivity index (χ1) is 9.67. The van der Waals surface area contributed by atoms with Crippen molar-refractivity contribution >= 4 is 12.2 Å². The maximum absolute atomic E-state index is 5.70. The van der Waals surface area contributed by atoms with Crippen molar-refractivity contribution in [2.24, 2.45) is 0 Å². The quantitative estimate of drug-likeness (QED) is 0.716. The summed E-state index contributed by atoms with van der Waals surface area (Å²) in [4.78, 5) is 0. The van der Waals surface area contributed by atoms with Crippen molar-refractivity contribution in [3.05, 3.63) is 70.8 Å². The second-order valence-electron chi connectivity index (χ2n) is 6.00. The van der Waals surface area contributed by atoms with Crippen LogP contribution < -0.4 is 0 Å². The van der Waals surface area contributed by atoms with E-state index in [-0.39, 0.29) is 5.41 Å². The van der Waals surface area contributed by atoms with Crippen molar-refractivity contribution in [2.45, 2.75) is 25.9 Å². The van der Waals surface area contributed by atoms with Gasteiger partial charge < -0.3 is 4.74 Å². The number of benzene rings is 2. The molecule has 2 aromatic carbocycles. The zero-order chi connectivity index (χ0) is 14.0. The fourth-order valence-electron chi connectivity index (χ4n) is 2.94. The molecule has 2 aromatic rings. The van der Waals surface area contributed by atoms with Gasteiger partial charge in [0.05, 0.1) is 13.2 Å². The number of hydrogen-bond donors (Lipinski definition) is 0. The van der Waals surface area contributed by atoms with Crippen molar-refractivity contribution in [3.63, 3.8) is 0 Å². The van der Waals surface area contributed by atoms with E-state index in [1.165, 1.54) is 22.3 Å². The van der Waals surface area contributed by atoms with Crippen molar-refractivity contribution in [1.29, 1.82) is 0 Å². The summed E-state index contributed by atoms with van der Waals surface area (Å²) in [6, 6.07) is 16.9. The predicted octanol–water partition coefficient (Wildman–Crippen LogP) is 4.66. The molecule has 1 aliphatic heterocycles. The normalized spacial score (nSPS) is 17.1. The van der Waals surface area contributed by atoms with E-state index in [4.69, 9.17) is 4.74 Å². The molecule has 0 saturated carbocycles. The van der Waals surface area contributed by atoms with Crippen molar-refractivity contribution < 1.29 is 4.74 Å². The molecule has 0 N–H and O–H groups in total. The van der Waals surface area contributed by atoms with E-state index >= 15 is 0 Å². The summed E-state index contributed by atoms with van der Waals surface area (Å²) >= 11 is 0. The van der Waals surface area contributed by atoms with Crippen LogP contribution in [-0.4, -0.2) is 6.61 Å². The van der Waals surface area contributed by atoms with Gasteiger partial charge in [0, 0.05) is 5.41 Å². The lowest BCUT2D eigenvalue weighted by molar-refractivity contribution is 0.0641. The topological polar surface area (TPSA) is 9.23 Å². The molecule has 3 rings (SSSR count). The van der Waals surface area contributed by atoms with Crippen molar-refractivity contribution in [3.8, 4) is 0 Å². The maximum atomic E-state index is 5.70. The molecule has 0 spiro atoms. The number of hydrogen-bond acceptors (Lipinski definition) is 1. The van der Waals surface area contributed by atoms with Crippen LogP contribution in [-0.2, 0) is 16.8 Å². The zero-order valence-electron chi connectivity index (χ0n) is 12.1. The average molecular weight is 264 g/mol. The molecular formula is C19H20O. The van der Waals surface area contributed by atoms with E-state index in [1.54, 1.807) is 0 Å². The van der Waals surface area contributed by atoms with E-state index in [1.807, 2.05) is 6.07 Å². The Kier molecular flexibility index (Phi) is 3.45. The van der Waals surface area contributed by atoms with Crippen LogP contribution in [0.5, 0.6) is 0 Å². The van der Waals surface area contributed by atoms with Crippen LogP contribution in [0.25, 0.3) is 12.2 Å². The zero-order valence-corrected chi connectivity index (χ0v) is 12.1. The van der Waals surface area contributed by atoms with Crippen molar-refractivity contribution in [2.75, 3.05) is 6.61 Å². The van der Waals surface area contributed by atoms with E-state index in [0.717, 1.165) is 13.2 Å². The molecule has 20 heavy (non-hydrogen) atoms. The van der Waals surface area contributed by atoms with Gasteiger partial charge in [-0.15, -0.1) is 0 Å². The lowest BCUT2D eigenvalue weighted by atomic mass is 9.78. The van der Waals surface area contributed by atoms with E-state index < -0.39 is 0 Å². The monoisotopic (exact) mass is 264 g/mol. The molecule has 0 aromatic heterocycles. The molecule has 0 atom stereocenters. The highest BCUT2D eigenvalue weighted by atomic mass is 16.5. The lowest BCUT2D eigenvalue weighted by Crippen LogP contribution is -2.31. The summed E-state index contributed by atoms with van der Waals surface area (Å²) in [5.74, 6) is 0. The fraction of sp³-hybridized carbons (Fsp3) is 0.263. The van der Waals surface area contributed by atoms with Crippen LogP contribution in [0.3, 0.4) is 0 Å². The molecule has 0 radical (unpaired) electrons. The van der Waals surface area contributed by atoms with Gasteiger partial charge in [-0.2, -0.15) is 0 Å². The Morgan fingerprint density at radius 2 is 1.75 bits per heavy atom. The van der Waals surface area contributed by atoms with Crippen LogP contribution in [0.4, 0.5) is 0 Å². The minimum atomic E-state index is 0.0746. The Labute approximate surface area is 120 Å². The first-order valence-electron chi connectivity index (χ1n) is 7.10. The summed E-state index contributed by atoms with van der Waals surface area (Å²) in [6.07, 6.45) is 4.41. The molecule has 1 aliphatic rings. The standard InChI is InChI=1S/C19H20O/c1-19(2)14-20-13-17-10-6-9-16(18(17)19)12-11-15-7-4-3-5-8-15/h3-12H,13-14H2,1-2H3/b12-11+. The largest absolute Gasteiger partial charge is 0.376 e. The number of fused-ring (bicyclic) bond motifs is 1. The summed E-state index contributed by atoms with van der Waals surface area (Å²) in [5, 5.41) is 0. The molecule has 0 amide bonds. The third kappa shape index (κ3) is 2.54. The third-order valence-corrected chi connectivity index (χ3v) is 3.84. The van der Waals surface area contributed by atoms with Crippen LogP contribution in [0, 0.1) is 0 Å². The van der Waals surface area contributed by atoms with Gasteiger partial charge in [-0.25, -0.2) is 0 Å². The Morgan fingerprint density at radius 3 is 2.55 bits per heavy atom. The first-order valence-corrected chi connectivity index (χ1v) is 7.10. The predicted molar refractivity (Wildman–Crippen MR) is 84.5 cm³/mol. The van der Waals surface area contributed by atoms with Crippen LogP contribution in [0.2, 0.25) is 0 Å². The average Bonchev–Trinajstić information content (AvgIpc) is 2.45. The SMILES string of the molecule is CC1(C)COCc2cccc(/C=C/c3ccccc3)c21. The summed E-state index contributed by atoms with van der Waals surface area (Å²) < 4.78 is 5.70. The van der Waals surface area contributed by atoms with Gasteiger partial charge in [0.25, 0.3) is 0 Å². The Balaban J connectivity index is 2.01. The maximum Gasteiger partial charge on any atom is 0.0720 e. The Morgan fingerprint density at radius 1 is 0.950 bits per heavy atom. The minimum absolute atomic E-state index is 0.0746. The molecule has 1 heteroatoms. The minimum Gasteiger partial charge on any atom is -0.376 e. The summed E-state index contributed by atoms with van der Waals surface area (Å²) in [6.45, 7) is 6.03. The number of rotatable bonds is 2. The lowest BCUT2D eigenvalue weighted by Gasteiger charge is -2.34. The van der Waals surface area contributed by atoms with Gasteiger partial charge in [-0.1, -0.05) is 74.5 Å². The molecule has 0 unspecified atom stereocenters. The summed E-state index contributed by atoms with van der Waals surface area (Å²) in [5.41, 5.74) is 5.36.